The molecule has 3 aromatic rings. The number of nitrogens with zero attached hydrogens (tertiary/aromatic N) is 5. The van der Waals surface area contributed by atoms with Crippen molar-refractivity contribution in [3.8, 4) is 11.4 Å². The van der Waals surface area contributed by atoms with Crippen molar-refractivity contribution in [2.24, 2.45) is 0 Å². The standard InChI is InChI=1S/C11H8ClIN6O2S/c1-22(20,21)11-16-9(14)19-10(17-11)15-8(18-19)5-2-6(12)4-7(13)3-5/h2-4H,1H3,(H2,14,15,16,17,18). The van der Waals surface area contributed by atoms with Crippen molar-refractivity contribution in [2.45, 2.75) is 5.16 Å². The molecular formula is C11H8ClIN6O2S. The summed E-state index contributed by atoms with van der Waals surface area (Å²) in [5.41, 5.74) is 6.39. The molecule has 0 radical (unpaired) electrons. The minimum absolute atomic E-state index is 0.0536. The van der Waals surface area contributed by atoms with Crippen molar-refractivity contribution in [2.75, 3.05) is 12.0 Å². The fourth-order valence-corrected chi connectivity index (χ4v) is 3.35. The summed E-state index contributed by atoms with van der Waals surface area (Å²) >= 11 is 8.14. The molecule has 0 spiro atoms. The van der Waals surface area contributed by atoms with Gasteiger partial charge >= 0.3 is 0 Å². The number of aromatic nitrogens is 5. The highest BCUT2D eigenvalue weighted by atomic mass is 127. The number of benzene rings is 1. The third-order valence-corrected chi connectivity index (χ3v) is 4.35. The number of fused-ring (bicyclic) bond motifs is 1. The summed E-state index contributed by atoms with van der Waals surface area (Å²) in [6, 6.07) is 5.32. The average Bonchev–Trinajstić information content (AvgIpc) is 2.81. The van der Waals surface area contributed by atoms with Crippen molar-refractivity contribution in [3.63, 3.8) is 0 Å². The van der Waals surface area contributed by atoms with E-state index in [1.807, 2.05) is 6.07 Å². The molecule has 11 heteroatoms. The second-order valence-electron chi connectivity index (χ2n) is 4.44. The van der Waals surface area contributed by atoms with Gasteiger partial charge in [-0.05, 0) is 40.8 Å². The SMILES string of the molecule is CS(=O)(=O)c1nc(N)n2nc(-c3cc(Cl)cc(I)c3)nc2n1. The predicted molar refractivity (Wildman–Crippen MR) is 89.3 cm³/mol. The third-order valence-electron chi connectivity index (χ3n) is 2.67. The molecule has 0 saturated heterocycles. The van der Waals surface area contributed by atoms with Crippen molar-refractivity contribution >= 4 is 55.8 Å². The number of nitrogens with two attached hydrogens (primary N) is 1. The normalized spacial score (nSPS) is 12.0. The zero-order valence-electron chi connectivity index (χ0n) is 11.0. The summed E-state index contributed by atoms with van der Waals surface area (Å²) in [5, 5.41) is 4.33. The van der Waals surface area contributed by atoms with Crippen molar-refractivity contribution < 1.29 is 8.42 Å². The van der Waals surface area contributed by atoms with Gasteiger partial charge < -0.3 is 5.73 Å². The third kappa shape index (κ3) is 2.85. The van der Waals surface area contributed by atoms with E-state index in [0.29, 0.717) is 16.4 Å². The largest absolute Gasteiger partial charge is 0.368 e. The Labute approximate surface area is 143 Å². The molecule has 2 N–H and O–H groups in total. The molecule has 2 aromatic heterocycles. The van der Waals surface area contributed by atoms with Gasteiger partial charge in [0.25, 0.3) is 10.9 Å². The number of rotatable bonds is 2. The van der Waals surface area contributed by atoms with Gasteiger partial charge in [0, 0.05) is 20.4 Å². The summed E-state index contributed by atoms with van der Waals surface area (Å²) in [4.78, 5) is 11.8. The van der Waals surface area contributed by atoms with Gasteiger partial charge in [-0.1, -0.05) is 11.6 Å². The van der Waals surface area contributed by atoms with Gasteiger partial charge in [0.05, 0.1) is 0 Å². The van der Waals surface area contributed by atoms with Crippen molar-refractivity contribution in [1.29, 1.82) is 0 Å². The Kier molecular flexibility index (Phi) is 3.69. The first-order valence-corrected chi connectivity index (χ1v) is 9.15. The molecule has 0 aliphatic rings. The highest BCUT2D eigenvalue weighted by Gasteiger charge is 2.18. The molecule has 0 bridgehead atoms. The number of sulfone groups is 1. The first-order valence-electron chi connectivity index (χ1n) is 5.81. The predicted octanol–water partition coefficient (Wildman–Crippen LogP) is 1.43. The molecule has 3 rings (SSSR count). The molecule has 0 atom stereocenters. The Morgan fingerprint density at radius 1 is 1.23 bits per heavy atom. The van der Waals surface area contributed by atoms with Gasteiger partial charge in [-0.2, -0.15) is 19.5 Å². The second kappa shape index (κ2) is 5.28. The van der Waals surface area contributed by atoms with E-state index in [9.17, 15) is 8.42 Å². The van der Waals surface area contributed by atoms with E-state index in [2.05, 4.69) is 42.6 Å². The number of hydrogen-bond acceptors (Lipinski definition) is 7. The molecule has 0 unspecified atom stereocenters. The monoisotopic (exact) mass is 450 g/mol. The van der Waals surface area contributed by atoms with Crippen LogP contribution in [0.5, 0.6) is 0 Å². The van der Waals surface area contributed by atoms with E-state index >= 15 is 0 Å². The Morgan fingerprint density at radius 3 is 2.59 bits per heavy atom. The van der Waals surface area contributed by atoms with E-state index in [-0.39, 0.29) is 11.7 Å². The van der Waals surface area contributed by atoms with Gasteiger partial charge in [-0.15, -0.1) is 5.10 Å². The maximum absolute atomic E-state index is 11.5. The molecule has 0 aliphatic carbocycles. The van der Waals surface area contributed by atoms with E-state index in [4.69, 9.17) is 17.3 Å². The molecule has 22 heavy (non-hydrogen) atoms. The van der Waals surface area contributed by atoms with Crippen LogP contribution in [-0.2, 0) is 9.84 Å². The number of hydrogen-bond donors (Lipinski definition) is 1. The fraction of sp³-hybridized carbons (Fsp3) is 0.0909. The van der Waals surface area contributed by atoms with Gasteiger partial charge in [0.15, 0.2) is 5.82 Å². The van der Waals surface area contributed by atoms with Crippen LogP contribution in [0.25, 0.3) is 17.2 Å². The minimum atomic E-state index is -3.59. The quantitative estimate of drug-likeness (QED) is 0.587. The topological polar surface area (TPSA) is 116 Å². The van der Waals surface area contributed by atoms with E-state index in [1.54, 1.807) is 12.1 Å². The zero-order valence-corrected chi connectivity index (χ0v) is 14.8. The number of nitrogen functional groups attached to an aromatic ring is 1. The number of anilines is 1. The highest BCUT2D eigenvalue weighted by molar-refractivity contribution is 14.1. The summed E-state index contributed by atoms with van der Waals surface area (Å²) in [6.45, 7) is 0. The highest BCUT2D eigenvalue weighted by Crippen LogP contribution is 2.24. The van der Waals surface area contributed by atoms with Crippen LogP contribution in [-0.4, -0.2) is 39.2 Å². The molecule has 0 fully saturated rings. The van der Waals surface area contributed by atoms with Crippen LogP contribution < -0.4 is 5.73 Å². The lowest BCUT2D eigenvalue weighted by Gasteiger charge is -1.99. The van der Waals surface area contributed by atoms with Crippen molar-refractivity contribution in [1.82, 2.24) is 24.6 Å². The molecular weight excluding hydrogens is 443 g/mol. The maximum atomic E-state index is 11.5. The molecule has 0 saturated carbocycles. The average molecular weight is 451 g/mol. The molecule has 0 amide bonds. The second-order valence-corrected chi connectivity index (χ2v) is 8.03. The van der Waals surface area contributed by atoms with E-state index < -0.39 is 15.0 Å². The van der Waals surface area contributed by atoms with Gasteiger partial charge in [-0.25, -0.2) is 8.42 Å². The van der Waals surface area contributed by atoms with Crippen LogP contribution in [0.4, 0.5) is 5.95 Å². The lowest BCUT2D eigenvalue weighted by atomic mass is 10.2. The maximum Gasteiger partial charge on any atom is 0.258 e. The van der Waals surface area contributed by atoms with Gasteiger partial charge in [-0.3, -0.25) is 0 Å². The Balaban J connectivity index is 2.24. The Morgan fingerprint density at radius 2 is 1.95 bits per heavy atom. The summed E-state index contributed by atoms with van der Waals surface area (Å²) in [5.74, 6) is 0.269. The van der Waals surface area contributed by atoms with Crippen LogP contribution in [0.3, 0.4) is 0 Å². The zero-order chi connectivity index (χ0) is 16.1. The summed E-state index contributed by atoms with van der Waals surface area (Å²) in [7, 11) is -3.59. The molecule has 0 aliphatic heterocycles. The molecule has 1 aromatic carbocycles. The lowest BCUT2D eigenvalue weighted by Crippen LogP contribution is -2.11. The van der Waals surface area contributed by atoms with Crippen LogP contribution in [0, 0.1) is 3.57 Å². The van der Waals surface area contributed by atoms with Crippen LogP contribution in [0.2, 0.25) is 5.02 Å². The summed E-state index contributed by atoms with van der Waals surface area (Å²) < 4.78 is 25.2. The van der Waals surface area contributed by atoms with E-state index in [1.165, 1.54) is 4.52 Å². The van der Waals surface area contributed by atoms with Gasteiger partial charge in [0.1, 0.15) is 0 Å². The fourth-order valence-electron chi connectivity index (χ4n) is 1.76. The number of halogens is 2. The minimum Gasteiger partial charge on any atom is -0.368 e. The smallest absolute Gasteiger partial charge is 0.258 e. The summed E-state index contributed by atoms with van der Waals surface area (Å²) in [6.07, 6.45) is 0.995. The molecule has 2 heterocycles. The van der Waals surface area contributed by atoms with Gasteiger partial charge in [0.2, 0.25) is 15.8 Å². The van der Waals surface area contributed by atoms with Crippen molar-refractivity contribution in [3.05, 3.63) is 26.8 Å². The molecule has 8 nitrogen and oxygen atoms in total. The van der Waals surface area contributed by atoms with Crippen LogP contribution >= 0.6 is 34.2 Å². The Bertz CT molecular complexity index is 983. The lowest BCUT2D eigenvalue weighted by molar-refractivity contribution is 0.592. The Hall–Kier alpha value is -1.53. The first-order chi connectivity index (χ1) is 10.2. The van der Waals surface area contributed by atoms with E-state index in [0.717, 1.165) is 9.83 Å². The van der Waals surface area contributed by atoms with Crippen LogP contribution in [0.1, 0.15) is 0 Å². The molecule has 114 valence electrons. The van der Waals surface area contributed by atoms with Crippen LogP contribution in [0.15, 0.2) is 23.4 Å². The first kappa shape index (κ1) is 15.4.